The van der Waals surface area contributed by atoms with Crippen LogP contribution in [0.4, 0.5) is 23.2 Å². The molecule has 0 aliphatic rings. The average molecular weight is 294 g/mol. The third-order valence-electron chi connectivity index (χ3n) is 2.27. The Hall–Kier alpha value is -2.16. The minimum Gasteiger partial charge on any atom is -0.481 e. The Kier molecular flexibility index (Phi) is 4.66. The van der Waals surface area contributed by atoms with Crippen LogP contribution in [0.5, 0.6) is 0 Å². The number of nitrogens with one attached hydrogen (secondary N) is 1. The van der Waals surface area contributed by atoms with Crippen LogP contribution in [0.25, 0.3) is 0 Å². The van der Waals surface area contributed by atoms with Crippen molar-refractivity contribution < 1.29 is 32.3 Å². The van der Waals surface area contributed by atoms with Crippen LogP contribution in [0.3, 0.4) is 0 Å². The maximum Gasteiger partial charge on any atom is 0.419 e. The van der Waals surface area contributed by atoms with Gasteiger partial charge in [0.1, 0.15) is 5.82 Å². The number of carbonyl (C=O) groups is 2. The number of aliphatic carboxylic acids is 1. The van der Waals surface area contributed by atoms with E-state index in [0.29, 0.717) is 12.1 Å². The molecule has 1 aromatic carbocycles. The van der Waals surface area contributed by atoms with Crippen LogP contribution in [0, 0.1) is 5.82 Å². The summed E-state index contributed by atoms with van der Waals surface area (Å²) in [6.07, 6.45) is -5.59. The standard InChI is InChI=1S/C11H10F4N2O3/c12-7-2-1-5(3-6(7)11(13,14)15)17-10(20)8(16)4-9(18)19/h1-3,8H,4,16H2,(H,17,20)(H,18,19). The van der Waals surface area contributed by atoms with E-state index in [2.05, 4.69) is 0 Å². The zero-order valence-corrected chi connectivity index (χ0v) is 9.87. The molecule has 1 atom stereocenters. The average Bonchev–Trinajstić information content (AvgIpc) is 2.29. The lowest BCUT2D eigenvalue weighted by atomic mass is 10.1. The molecule has 0 spiro atoms. The van der Waals surface area contributed by atoms with Crippen molar-refractivity contribution in [2.24, 2.45) is 5.73 Å². The van der Waals surface area contributed by atoms with E-state index in [0.717, 1.165) is 6.07 Å². The zero-order valence-electron chi connectivity index (χ0n) is 9.87. The Balaban J connectivity index is 2.89. The normalized spacial score (nSPS) is 12.8. The third-order valence-corrected chi connectivity index (χ3v) is 2.27. The summed E-state index contributed by atoms with van der Waals surface area (Å²) in [6.45, 7) is 0. The number of halogens is 4. The summed E-state index contributed by atoms with van der Waals surface area (Å²) in [5.41, 5.74) is 3.36. The number of nitrogens with two attached hydrogens (primary N) is 1. The van der Waals surface area contributed by atoms with Gasteiger partial charge in [-0.1, -0.05) is 0 Å². The van der Waals surface area contributed by atoms with Crippen molar-refractivity contribution in [3.63, 3.8) is 0 Å². The molecule has 0 aliphatic heterocycles. The van der Waals surface area contributed by atoms with E-state index in [1.165, 1.54) is 0 Å². The molecular formula is C11H10F4N2O3. The number of carboxylic acids is 1. The SMILES string of the molecule is NC(CC(=O)O)C(=O)Nc1ccc(F)c(C(F)(F)F)c1. The molecule has 5 nitrogen and oxygen atoms in total. The second-order valence-electron chi connectivity index (χ2n) is 3.89. The van der Waals surface area contributed by atoms with Crippen LogP contribution in [0.2, 0.25) is 0 Å². The Morgan fingerprint density at radius 2 is 1.95 bits per heavy atom. The topological polar surface area (TPSA) is 92.4 Å². The molecule has 0 heterocycles. The van der Waals surface area contributed by atoms with Crippen molar-refractivity contribution in [2.45, 2.75) is 18.6 Å². The van der Waals surface area contributed by atoms with Crippen molar-refractivity contribution in [1.29, 1.82) is 0 Å². The number of alkyl halides is 3. The molecule has 0 aromatic heterocycles. The monoisotopic (exact) mass is 294 g/mol. The Morgan fingerprint density at radius 1 is 1.35 bits per heavy atom. The van der Waals surface area contributed by atoms with Gasteiger partial charge < -0.3 is 16.2 Å². The number of hydrogen-bond acceptors (Lipinski definition) is 3. The lowest BCUT2D eigenvalue weighted by Gasteiger charge is -2.13. The molecule has 1 rings (SSSR count). The first-order chi connectivity index (χ1) is 9.11. The molecule has 1 unspecified atom stereocenters. The molecule has 0 radical (unpaired) electrons. The van der Waals surface area contributed by atoms with E-state index in [-0.39, 0.29) is 5.69 Å². The van der Waals surface area contributed by atoms with Crippen molar-refractivity contribution in [3.8, 4) is 0 Å². The minimum absolute atomic E-state index is 0.329. The predicted octanol–water partition coefficient (Wildman–Crippen LogP) is 1.59. The van der Waals surface area contributed by atoms with Crippen molar-refractivity contribution in [3.05, 3.63) is 29.6 Å². The van der Waals surface area contributed by atoms with Crippen LogP contribution in [0.1, 0.15) is 12.0 Å². The second-order valence-corrected chi connectivity index (χ2v) is 3.89. The van der Waals surface area contributed by atoms with Gasteiger partial charge in [-0.15, -0.1) is 0 Å². The molecule has 0 fully saturated rings. The highest BCUT2D eigenvalue weighted by Crippen LogP contribution is 2.32. The fourth-order valence-electron chi connectivity index (χ4n) is 1.34. The maximum absolute atomic E-state index is 13.0. The van der Waals surface area contributed by atoms with E-state index in [4.69, 9.17) is 10.8 Å². The summed E-state index contributed by atoms with van der Waals surface area (Å²) in [5, 5.41) is 10.4. The predicted molar refractivity (Wildman–Crippen MR) is 60.3 cm³/mol. The van der Waals surface area contributed by atoms with Crippen LogP contribution in [0.15, 0.2) is 18.2 Å². The highest BCUT2D eigenvalue weighted by Gasteiger charge is 2.34. The first kappa shape index (κ1) is 15.9. The minimum atomic E-state index is -4.91. The van der Waals surface area contributed by atoms with Gasteiger partial charge in [0.2, 0.25) is 5.91 Å². The molecule has 0 saturated heterocycles. The van der Waals surface area contributed by atoms with E-state index in [1.54, 1.807) is 0 Å². The molecule has 0 aliphatic carbocycles. The number of rotatable bonds is 4. The number of anilines is 1. The molecule has 1 aromatic rings. The Labute approximate surface area is 110 Å². The summed E-state index contributed by atoms with van der Waals surface area (Å²) < 4.78 is 50.3. The van der Waals surface area contributed by atoms with Crippen LogP contribution >= 0.6 is 0 Å². The fraction of sp³-hybridized carbons (Fsp3) is 0.273. The number of carbonyl (C=O) groups excluding carboxylic acids is 1. The summed E-state index contributed by atoms with van der Waals surface area (Å²) in [5.74, 6) is -3.79. The number of carboxylic acid groups (broad SMARTS) is 1. The summed E-state index contributed by atoms with van der Waals surface area (Å²) >= 11 is 0. The molecule has 1 amide bonds. The van der Waals surface area contributed by atoms with Gasteiger partial charge in [0, 0.05) is 5.69 Å². The quantitative estimate of drug-likeness (QED) is 0.735. The largest absolute Gasteiger partial charge is 0.481 e. The molecule has 20 heavy (non-hydrogen) atoms. The van der Waals surface area contributed by atoms with Gasteiger partial charge in [0.15, 0.2) is 0 Å². The van der Waals surface area contributed by atoms with Crippen molar-refractivity contribution in [2.75, 3.05) is 5.32 Å². The first-order valence-electron chi connectivity index (χ1n) is 5.26. The van der Waals surface area contributed by atoms with Gasteiger partial charge in [0.05, 0.1) is 18.0 Å². The van der Waals surface area contributed by atoms with E-state index in [1.807, 2.05) is 5.32 Å². The van der Waals surface area contributed by atoms with Crippen molar-refractivity contribution in [1.82, 2.24) is 0 Å². The summed E-state index contributed by atoms with van der Waals surface area (Å²) in [4.78, 5) is 21.8. The van der Waals surface area contributed by atoms with Crippen molar-refractivity contribution >= 4 is 17.6 Å². The molecule has 0 bridgehead atoms. The first-order valence-corrected chi connectivity index (χ1v) is 5.26. The van der Waals surface area contributed by atoms with Gasteiger partial charge in [-0.05, 0) is 18.2 Å². The van der Waals surface area contributed by atoms with Gasteiger partial charge in [-0.2, -0.15) is 13.2 Å². The molecule has 110 valence electrons. The second kappa shape index (κ2) is 5.87. The molecule has 0 saturated carbocycles. The highest BCUT2D eigenvalue weighted by atomic mass is 19.4. The van der Waals surface area contributed by atoms with Crippen LogP contribution in [-0.4, -0.2) is 23.0 Å². The molecule has 4 N–H and O–H groups in total. The van der Waals surface area contributed by atoms with E-state index < -0.39 is 41.9 Å². The summed E-state index contributed by atoms with van der Waals surface area (Å²) in [6, 6.07) is 0.435. The lowest BCUT2D eigenvalue weighted by molar-refractivity contribution is -0.140. The van der Waals surface area contributed by atoms with Gasteiger partial charge >= 0.3 is 12.1 Å². The zero-order chi connectivity index (χ0) is 15.5. The Bertz CT molecular complexity index is 531. The molecule has 9 heteroatoms. The van der Waals surface area contributed by atoms with E-state index >= 15 is 0 Å². The molecular weight excluding hydrogens is 284 g/mol. The van der Waals surface area contributed by atoms with Gasteiger partial charge in [-0.25, -0.2) is 4.39 Å². The third kappa shape index (κ3) is 4.19. The number of benzene rings is 1. The highest BCUT2D eigenvalue weighted by molar-refractivity contribution is 5.96. The summed E-state index contributed by atoms with van der Waals surface area (Å²) in [7, 11) is 0. The van der Waals surface area contributed by atoms with Gasteiger partial charge in [-0.3, -0.25) is 9.59 Å². The Morgan fingerprint density at radius 3 is 2.45 bits per heavy atom. The lowest BCUT2D eigenvalue weighted by Crippen LogP contribution is -2.37. The number of amides is 1. The van der Waals surface area contributed by atoms with Gasteiger partial charge in [0.25, 0.3) is 0 Å². The number of hydrogen-bond donors (Lipinski definition) is 3. The van der Waals surface area contributed by atoms with Crippen LogP contribution < -0.4 is 11.1 Å². The van der Waals surface area contributed by atoms with E-state index in [9.17, 15) is 27.2 Å². The van der Waals surface area contributed by atoms with Crippen LogP contribution in [-0.2, 0) is 15.8 Å². The maximum atomic E-state index is 13.0. The fourth-order valence-corrected chi connectivity index (χ4v) is 1.34. The smallest absolute Gasteiger partial charge is 0.419 e.